The number of hydrogen-bond donors (Lipinski definition) is 2. The summed E-state index contributed by atoms with van der Waals surface area (Å²) in [7, 11) is 1.97. The molecule has 1 aliphatic heterocycles. The highest BCUT2D eigenvalue weighted by Gasteiger charge is 2.24. The maximum absolute atomic E-state index is 3.67. The van der Waals surface area contributed by atoms with Crippen LogP contribution in [0.5, 0.6) is 0 Å². The van der Waals surface area contributed by atoms with Gasteiger partial charge >= 0.3 is 0 Å². The van der Waals surface area contributed by atoms with Crippen LogP contribution in [0.1, 0.15) is 38.2 Å². The molecule has 0 spiro atoms. The van der Waals surface area contributed by atoms with Gasteiger partial charge in [-0.15, -0.1) is 0 Å². The molecule has 0 radical (unpaired) electrons. The molecule has 0 atom stereocenters. The van der Waals surface area contributed by atoms with Gasteiger partial charge in [-0.3, -0.25) is 0 Å². The summed E-state index contributed by atoms with van der Waals surface area (Å²) in [6, 6.07) is 6.61. The molecular weight excluding hydrogens is 234 g/mol. The van der Waals surface area contributed by atoms with Crippen LogP contribution in [0, 0.1) is 0 Å². The van der Waals surface area contributed by atoms with Crippen LogP contribution in [-0.4, -0.2) is 18.5 Å². The van der Waals surface area contributed by atoms with Crippen molar-refractivity contribution in [3.63, 3.8) is 0 Å². The minimum Gasteiger partial charge on any atom is -0.388 e. The zero-order chi connectivity index (χ0) is 13.2. The summed E-state index contributed by atoms with van der Waals surface area (Å²) >= 11 is 0. The first-order chi connectivity index (χ1) is 9.31. The van der Waals surface area contributed by atoms with E-state index in [9.17, 15) is 0 Å². The second-order valence-corrected chi connectivity index (χ2v) is 5.47. The van der Waals surface area contributed by atoms with Crippen LogP contribution < -0.4 is 10.6 Å². The van der Waals surface area contributed by atoms with Gasteiger partial charge in [0.15, 0.2) is 0 Å². The Kier molecular flexibility index (Phi) is 3.36. The van der Waals surface area contributed by atoms with Crippen molar-refractivity contribution in [1.82, 2.24) is 4.90 Å². The van der Waals surface area contributed by atoms with Gasteiger partial charge in [-0.2, -0.15) is 0 Å². The lowest BCUT2D eigenvalue weighted by Crippen LogP contribution is -2.34. The Morgan fingerprint density at radius 2 is 2.16 bits per heavy atom. The summed E-state index contributed by atoms with van der Waals surface area (Å²) in [6.45, 7) is 4.43. The summed E-state index contributed by atoms with van der Waals surface area (Å²) in [4.78, 5) is 2.51. The highest BCUT2D eigenvalue weighted by atomic mass is 15.3. The molecule has 1 aromatic carbocycles. The van der Waals surface area contributed by atoms with Crippen molar-refractivity contribution in [2.45, 2.75) is 39.2 Å². The van der Waals surface area contributed by atoms with E-state index in [1.54, 1.807) is 5.57 Å². The smallest absolute Gasteiger partial charge is 0.105 e. The van der Waals surface area contributed by atoms with Gasteiger partial charge in [-0.25, -0.2) is 0 Å². The SMILES string of the molecule is CCCN1Cc2ccc(NC)cc2NC1=C1CCC1. The van der Waals surface area contributed by atoms with Crippen LogP contribution in [0.3, 0.4) is 0 Å². The highest BCUT2D eigenvalue weighted by molar-refractivity contribution is 5.65. The van der Waals surface area contributed by atoms with Crippen LogP contribution in [0.2, 0.25) is 0 Å². The maximum atomic E-state index is 3.67. The third-order valence-electron chi connectivity index (χ3n) is 4.11. The summed E-state index contributed by atoms with van der Waals surface area (Å²) in [6.07, 6.45) is 5.08. The van der Waals surface area contributed by atoms with E-state index >= 15 is 0 Å². The van der Waals surface area contributed by atoms with E-state index in [1.807, 2.05) is 7.05 Å². The van der Waals surface area contributed by atoms with Gasteiger partial charge in [0.2, 0.25) is 0 Å². The van der Waals surface area contributed by atoms with Gasteiger partial charge in [0.05, 0.1) is 0 Å². The van der Waals surface area contributed by atoms with Crippen molar-refractivity contribution in [3.05, 3.63) is 35.2 Å². The molecule has 1 aromatic rings. The lowest BCUT2D eigenvalue weighted by Gasteiger charge is -2.38. The summed E-state index contributed by atoms with van der Waals surface area (Å²) in [5, 5.41) is 6.89. The van der Waals surface area contributed by atoms with Crippen molar-refractivity contribution in [2.24, 2.45) is 0 Å². The first-order valence-corrected chi connectivity index (χ1v) is 7.36. The average molecular weight is 257 g/mol. The van der Waals surface area contributed by atoms with Gasteiger partial charge in [0, 0.05) is 31.5 Å². The van der Waals surface area contributed by atoms with Gasteiger partial charge in [0.1, 0.15) is 5.82 Å². The quantitative estimate of drug-likeness (QED) is 0.863. The third kappa shape index (κ3) is 2.29. The molecule has 1 saturated carbocycles. The fourth-order valence-corrected chi connectivity index (χ4v) is 2.84. The molecule has 2 N–H and O–H groups in total. The molecule has 3 rings (SSSR count). The molecular formula is C16H23N3. The van der Waals surface area contributed by atoms with Crippen molar-refractivity contribution < 1.29 is 0 Å². The Morgan fingerprint density at radius 3 is 2.79 bits per heavy atom. The topological polar surface area (TPSA) is 27.3 Å². The Labute approximate surface area is 115 Å². The maximum Gasteiger partial charge on any atom is 0.105 e. The van der Waals surface area contributed by atoms with Gasteiger partial charge in [0.25, 0.3) is 0 Å². The van der Waals surface area contributed by atoms with E-state index in [0.717, 1.165) is 13.1 Å². The van der Waals surface area contributed by atoms with E-state index < -0.39 is 0 Å². The van der Waals surface area contributed by atoms with Crippen LogP contribution >= 0.6 is 0 Å². The van der Waals surface area contributed by atoms with Crippen LogP contribution in [0.25, 0.3) is 0 Å². The normalized spacial score (nSPS) is 17.7. The lowest BCUT2D eigenvalue weighted by atomic mass is 9.91. The van der Waals surface area contributed by atoms with Crippen molar-refractivity contribution in [3.8, 4) is 0 Å². The first-order valence-electron chi connectivity index (χ1n) is 7.36. The van der Waals surface area contributed by atoms with E-state index in [0.29, 0.717) is 0 Å². The zero-order valence-corrected chi connectivity index (χ0v) is 11.9. The Hall–Kier alpha value is -1.64. The number of rotatable bonds is 3. The molecule has 3 nitrogen and oxygen atoms in total. The first kappa shape index (κ1) is 12.4. The van der Waals surface area contributed by atoms with E-state index in [1.165, 1.54) is 48.4 Å². The largest absolute Gasteiger partial charge is 0.388 e. The molecule has 1 fully saturated rings. The summed E-state index contributed by atoms with van der Waals surface area (Å²) in [5.41, 5.74) is 5.45. The molecule has 1 heterocycles. The predicted octanol–water partition coefficient (Wildman–Crippen LogP) is 3.76. The standard InChI is InChI=1S/C16H23N3/c1-3-9-19-11-13-7-8-14(17-2)10-15(13)18-16(19)12-5-4-6-12/h7-8,10,17-18H,3-6,9,11H2,1-2H3. The second-order valence-electron chi connectivity index (χ2n) is 5.47. The monoisotopic (exact) mass is 257 g/mol. The van der Waals surface area contributed by atoms with E-state index in [2.05, 4.69) is 40.7 Å². The molecule has 0 aromatic heterocycles. The number of benzene rings is 1. The van der Waals surface area contributed by atoms with Crippen LogP contribution in [0.15, 0.2) is 29.6 Å². The highest BCUT2D eigenvalue weighted by Crippen LogP contribution is 2.36. The molecule has 0 bridgehead atoms. The number of nitrogens with zero attached hydrogens (tertiary/aromatic N) is 1. The zero-order valence-electron chi connectivity index (χ0n) is 11.9. The summed E-state index contributed by atoms with van der Waals surface area (Å²) < 4.78 is 0. The van der Waals surface area contributed by atoms with Crippen LogP contribution in [0.4, 0.5) is 11.4 Å². The van der Waals surface area contributed by atoms with E-state index in [4.69, 9.17) is 0 Å². The molecule has 1 aliphatic carbocycles. The number of anilines is 2. The molecule has 19 heavy (non-hydrogen) atoms. The number of allylic oxidation sites excluding steroid dienone is 1. The summed E-state index contributed by atoms with van der Waals surface area (Å²) in [5.74, 6) is 1.38. The molecule has 3 heteroatoms. The Morgan fingerprint density at radius 1 is 1.32 bits per heavy atom. The average Bonchev–Trinajstić information content (AvgIpc) is 2.37. The van der Waals surface area contributed by atoms with Gasteiger partial charge in [-0.1, -0.05) is 13.0 Å². The minimum atomic E-state index is 1.04. The Balaban J connectivity index is 1.93. The van der Waals surface area contributed by atoms with Crippen molar-refractivity contribution in [1.29, 1.82) is 0 Å². The fourth-order valence-electron chi connectivity index (χ4n) is 2.84. The van der Waals surface area contributed by atoms with Gasteiger partial charge < -0.3 is 15.5 Å². The predicted molar refractivity (Wildman–Crippen MR) is 81.2 cm³/mol. The molecule has 102 valence electrons. The van der Waals surface area contributed by atoms with Crippen LogP contribution in [-0.2, 0) is 6.54 Å². The molecule has 0 unspecified atom stereocenters. The fraction of sp³-hybridized carbons (Fsp3) is 0.500. The van der Waals surface area contributed by atoms with E-state index in [-0.39, 0.29) is 0 Å². The van der Waals surface area contributed by atoms with Gasteiger partial charge in [-0.05, 0) is 49.0 Å². The molecule has 0 saturated heterocycles. The molecule has 2 aliphatic rings. The second kappa shape index (κ2) is 5.16. The lowest BCUT2D eigenvalue weighted by molar-refractivity contribution is 0.322. The molecule has 0 amide bonds. The number of fused-ring (bicyclic) bond motifs is 1. The number of hydrogen-bond acceptors (Lipinski definition) is 3. The van der Waals surface area contributed by atoms with Crippen molar-refractivity contribution >= 4 is 11.4 Å². The Bertz CT molecular complexity index is 499. The minimum absolute atomic E-state index is 1.04. The van der Waals surface area contributed by atoms with Crippen molar-refractivity contribution in [2.75, 3.05) is 24.2 Å². The third-order valence-corrected chi connectivity index (χ3v) is 4.11. The number of nitrogens with one attached hydrogen (secondary N) is 2.